The fraction of sp³-hybridized carbons (Fsp3) is 0.250. The first kappa shape index (κ1) is 14.2. The van der Waals surface area contributed by atoms with Crippen molar-refractivity contribution in [3.63, 3.8) is 0 Å². The second-order valence-electron chi connectivity index (χ2n) is 4.77. The van der Waals surface area contributed by atoms with Crippen LogP contribution >= 0.6 is 0 Å². The van der Waals surface area contributed by atoms with Gasteiger partial charge in [-0.3, -0.25) is 0 Å². The summed E-state index contributed by atoms with van der Waals surface area (Å²) in [6.45, 7) is 8.04. The van der Waals surface area contributed by atoms with Crippen LogP contribution in [0.3, 0.4) is 0 Å². The van der Waals surface area contributed by atoms with Crippen LogP contribution in [0.4, 0.5) is 0 Å². The van der Waals surface area contributed by atoms with Crippen LogP contribution in [0.25, 0.3) is 0 Å². The number of aromatic hydroxyl groups is 2. The van der Waals surface area contributed by atoms with Gasteiger partial charge in [0.25, 0.3) is 0 Å². The van der Waals surface area contributed by atoms with E-state index in [4.69, 9.17) is 0 Å². The van der Waals surface area contributed by atoms with Crippen molar-refractivity contribution in [2.24, 2.45) is 0 Å². The van der Waals surface area contributed by atoms with Crippen LogP contribution in [0.15, 0.2) is 24.3 Å². The molecule has 0 saturated carbocycles. The molecule has 0 radical (unpaired) electrons. The zero-order chi connectivity index (χ0) is 14.2. The molecule has 0 spiro atoms. The number of hydrogen-bond acceptors (Lipinski definition) is 2. The first-order valence-corrected chi connectivity index (χ1v) is 8.51. The second kappa shape index (κ2) is 5.45. The number of hydrogen-bond donors (Lipinski definition) is 2. The Labute approximate surface area is 124 Å². The van der Waals surface area contributed by atoms with E-state index in [1.807, 2.05) is 26.0 Å². The zero-order valence-corrected chi connectivity index (χ0v) is 13.9. The first-order chi connectivity index (χ1) is 8.91. The van der Waals surface area contributed by atoms with Gasteiger partial charge in [-0.25, -0.2) is 0 Å². The first-order valence-electron chi connectivity index (χ1n) is 6.18. The molecule has 2 rings (SSSR count). The van der Waals surface area contributed by atoms with E-state index in [0.717, 1.165) is 11.1 Å². The molecule has 0 unspecified atom stereocenters. The van der Waals surface area contributed by atoms with Gasteiger partial charge in [0.2, 0.25) is 0 Å². The predicted molar refractivity (Wildman–Crippen MR) is 80.2 cm³/mol. The van der Waals surface area contributed by atoms with E-state index in [-0.39, 0.29) is 0 Å². The van der Waals surface area contributed by atoms with Gasteiger partial charge in [-0.05, 0) is 0 Å². The summed E-state index contributed by atoms with van der Waals surface area (Å²) in [6, 6.07) is 7.62. The number of benzene rings is 2. The molecule has 0 amide bonds. The van der Waals surface area contributed by atoms with E-state index >= 15 is 0 Å². The predicted octanol–water partition coefficient (Wildman–Crippen LogP) is 1.99. The Bertz CT molecular complexity index is 578. The van der Waals surface area contributed by atoms with Gasteiger partial charge >= 0.3 is 124 Å². The third-order valence-corrected chi connectivity index (χ3v) is 7.42. The average molecular weight is 370 g/mol. The van der Waals surface area contributed by atoms with Crippen molar-refractivity contribution in [2.75, 3.05) is 0 Å². The van der Waals surface area contributed by atoms with Crippen molar-refractivity contribution >= 4 is 28.1 Å². The molecule has 2 nitrogen and oxygen atoms in total. The van der Waals surface area contributed by atoms with E-state index in [2.05, 4.69) is 13.8 Å². The molecule has 3 heteroatoms. The van der Waals surface area contributed by atoms with Gasteiger partial charge in [-0.2, -0.15) is 0 Å². The summed E-state index contributed by atoms with van der Waals surface area (Å²) in [4.78, 5) is 0. The number of phenolic OH excluding ortho intramolecular Hbond substituents is 2. The molecule has 19 heavy (non-hydrogen) atoms. The second-order valence-corrected chi connectivity index (χ2v) is 7.86. The SMILES string of the molecule is Cc1c(O)ccc([Te]c2ccc(O)c(C)c2C)c1C. The molecule has 2 aromatic carbocycles. The third-order valence-electron chi connectivity index (χ3n) is 3.64. The van der Waals surface area contributed by atoms with Crippen molar-refractivity contribution in [2.45, 2.75) is 27.7 Å². The Kier molecular flexibility index (Phi) is 4.08. The summed E-state index contributed by atoms with van der Waals surface area (Å²) in [6.07, 6.45) is 0. The molecule has 2 N–H and O–H groups in total. The normalized spacial score (nSPS) is 10.7. The van der Waals surface area contributed by atoms with Gasteiger partial charge in [0.1, 0.15) is 0 Å². The Hall–Kier alpha value is -1.17. The van der Waals surface area contributed by atoms with Gasteiger partial charge in [0, 0.05) is 0 Å². The Balaban J connectivity index is 2.43. The molecular weight excluding hydrogens is 352 g/mol. The standard InChI is InChI=1S/C16H18O2Te/c1-9-11(3)15(7-5-13(9)17)19-16-8-6-14(18)10(2)12(16)4/h5-8,17-18H,1-4H3. The Morgan fingerprint density at radius 2 is 1.00 bits per heavy atom. The molecule has 0 saturated heterocycles. The molecule has 2 aromatic rings. The molecule has 0 aliphatic rings. The Morgan fingerprint density at radius 1 is 0.632 bits per heavy atom. The van der Waals surface area contributed by atoms with Crippen molar-refractivity contribution in [1.82, 2.24) is 0 Å². The molecule has 0 fully saturated rings. The minimum absolute atomic E-state index is 0.368. The van der Waals surface area contributed by atoms with Crippen LogP contribution in [0.2, 0.25) is 0 Å². The molecule has 0 aliphatic carbocycles. The molecule has 0 aromatic heterocycles. The maximum absolute atomic E-state index is 9.71. The van der Waals surface area contributed by atoms with Crippen molar-refractivity contribution in [3.05, 3.63) is 46.5 Å². The van der Waals surface area contributed by atoms with Crippen LogP contribution in [0.1, 0.15) is 22.3 Å². The average Bonchev–Trinajstić information content (AvgIpc) is 2.39. The monoisotopic (exact) mass is 372 g/mol. The topological polar surface area (TPSA) is 40.5 Å². The summed E-state index contributed by atoms with van der Waals surface area (Å²) in [7, 11) is 0. The Morgan fingerprint density at radius 3 is 1.37 bits per heavy atom. The van der Waals surface area contributed by atoms with Crippen LogP contribution < -0.4 is 7.22 Å². The summed E-state index contributed by atoms with van der Waals surface area (Å²) in [5, 5.41) is 19.4. The summed E-state index contributed by atoms with van der Waals surface area (Å²) >= 11 is -0.499. The zero-order valence-electron chi connectivity index (χ0n) is 11.6. The summed E-state index contributed by atoms with van der Waals surface area (Å²) in [5.41, 5.74) is 4.31. The van der Waals surface area contributed by atoms with E-state index in [1.165, 1.54) is 18.3 Å². The molecule has 100 valence electrons. The van der Waals surface area contributed by atoms with E-state index < -0.39 is 20.9 Å². The van der Waals surface area contributed by atoms with Gasteiger partial charge in [0.15, 0.2) is 0 Å². The van der Waals surface area contributed by atoms with E-state index in [1.54, 1.807) is 12.1 Å². The maximum atomic E-state index is 9.71. The van der Waals surface area contributed by atoms with Gasteiger partial charge in [-0.15, -0.1) is 0 Å². The number of phenols is 2. The molecule has 0 bridgehead atoms. The minimum atomic E-state index is -0.499. The quantitative estimate of drug-likeness (QED) is 0.795. The van der Waals surface area contributed by atoms with Crippen LogP contribution in [0.5, 0.6) is 11.5 Å². The fourth-order valence-electron chi connectivity index (χ4n) is 1.90. The van der Waals surface area contributed by atoms with Crippen molar-refractivity contribution < 1.29 is 10.2 Å². The van der Waals surface area contributed by atoms with Crippen LogP contribution in [0, 0.1) is 27.7 Å². The molecule has 0 atom stereocenters. The third kappa shape index (κ3) is 2.73. The fourth-order valence-corrected chi connectivity index (χ4v) is 5.10. The number of rotatable bonds is 2. The van der Waals surface area contributed by atoms with Crippen molar-refractivity contribution in [3.8, 4) is 11.5 Å². The van der Waals surface area contributed by atoms with Crippen molar-refractivity contribution in [1.29, 1.82) is 0 Å². The molecule has 0 aliphatic heterocycles. The van der Waals surface area contributed by atoms with E-state index in [9.17, 15) is 10.2 Å². The van der Waals surface area contributed by atoms with E-state index in [0.29, 0.717) is 11.5 Å². The summed E-state index contributed by atoms with van der Waals surface area (Å²) in [5.74, 6) is 0.736. The van der Waals surface area contributed by atoms with Gasteiger partial charge < -0.3 is 0 Å². The van der Waals surface area contributed by atoms with Gasteiger partial charge in [-0.1, -0.05) is 0 Å². The molecular formula is C16H18O2Te. The van der Waals surface area contributed by atoms with Crippen LogP contribution in [-0.2, 0) is 0 Å². The van der Waals surface area contributed by atoms with Crippen LogP contribution in [-0.4, -0.2) is 31.1 Å². The molecule has 0 heterocycles. The summed E-state index contributed by atoms with van der Waals surface area (Å²) < 4.78 is 2.68. The van der Waals surface area contributed by atoms with Gasteiger partial charge in [0.05, 0.1) is 0 Å².